The fourth-order valence-electron chi connectivity index (χ4n) is 3.35. The van der Waals surface area contributed by atoms with Crippen LogP contribution in [0.25, 0.3) is 34.2 Å². The summed E-state index contributed by atoms with van der Waals surface area (Å²) in [5.41, 5.74) is 2.46. The van der Waals surface area contributed by atoms with Crippen LogP contribution in [0, 0.1) is 0 Å². The molecule has 0 saturated heterocycles. The van der Waals surface area contributed by atoms with Crippen molar-refractivity contribution >= 4 is 0 Å². The molecule has 0 atom stereocenters. The molecule has 6 aromatic rings. The monoisotopic (exact) mass is 448 g/mol. The van der Waals surface area contributed by atoms with E-state index >= 15 is 0 Å². The SMILES string of the molecule is c1ccc(-c2nnn(C(n3nnc(-c4ccccc4)n3)n3nnc(-c4ccccc4)n3)n2)cc1. The van der Waals surface area contributed by atoms with Gasteiger partial charge in [-0.05, 0) is 15.6 Å². The van der Waals surface area contributed by atoms with Gasteiger partial charge in [0.2, 0.25) is 17.5 Å². The zero-order chi connectivity index (χ0) is 22.7. The van der Waals surface area contributed by atoms with Gasteiger partial charge in [-0.1, -0.05) is 91.0 Å². The quantitative estimate of drug-likeness (QED) is 0.376. The third kappa shape index (κ3) is 3.68. The van der Waals surface area contributed by atoms with Gasteiger partial charge in [-0.3, -0.25) is 0 Å². The van der Waals surface area contributed by atoms with Gasteiger partial charge >= 0.3 is 0 Å². The van der Waals surface area contributed by atoms with E-state index in [0.29, 0.717) is 17.5 Å². The van der Waals surface area contributed by atoms with E-state index in [0.717, 1.165) is 16.7 Å². The first-order valence-corrected chi connectivity index (χ1v) is 10.4. The summed E-state index contributed by atoms with van der Waals surface area (Å²) in [4.78, 5) is 3.99. The normalized spacial score (nSPS) is 11.2. The summed E-state index contributed by atoms with van der Waals surface area (Å²) in [7, 11) is 0. The lowest BCUT2D eigenvalue weighted by atomic mass is 10.2. The number of aromatic nitrogens is 12. The van der Waals surface area contributed by atoms with Gasteiger partial charge in [0.15, 0.2) is 0 Å². The molecular formula is C22H16N12. The average molecular weight is 448 g/mol. The average Bonchev–Trinajstić information content (AvgIpc) is 3.68. The molecule has 0 N–H and O–H groups in total. The van der Waals surface area contributed by atoms with Gasteiger partial charge < -0.3 is 0 Å². The highest BCUT2D eigenvalue weighted by Gasteiger charge is 2.26. The molecule has 3 aromatic heterocycles. The molecule has 0 unspecified atom stereocenters. The van der Waals surface area contributed by atoms with Crippen molar-refractivity contribution in [1.29, 1.82) is 0 Å². The molecule has 3 heterocycles. The predicted octanol–water partition coefficient (Wildman–Crippen LogP) is 2.20. The second-order valence-corrected chi connectivity index (χ2v) is 7.24. The second kappa shape index (κ2) is 8.43. The Morgan fingerprint density at radius 3 is 1.00 bits per heavy atom. The molecular weight excluding hydrogens is 432 g/mol. The first-order valence-electron chi connectivity index (χ1n) is 10.4. The van der Waals surface area contributed by atoms with E-state index in [-0.39, 0.29) is 0 Å². The molecule has 0 aliphatic rings. The molecule has 12 heteroatoms. The van der Waals surface area contributed by atoms with Crippen LogP contribution < -0.4 is 0 Å². The minimum Gasteiger partial charge on any atom is -0.127 e. The summed E-state index contributed by atoms with van der Waals surface area (Å²) in [6, 6.07) is 28.6. The summed E-state index contributed by atoms with van der Waals surface area (Å²) < 4.78 is 0. The lowest BCUT2D eigenvalue weighted by Gasteiger charge is -2.11. The van der Waals surface area contributed by atoms with Crippen molar-refractivity contribution in [3.8, 4) is 34.2 Å². The van der Waals surface area contributed by atoms with Crippen LogP contribution >= 0.6 is 0 Å². The van der Waals surface area contributed by atoms with Crippen LogP contribution in [0.4, 0.5) is 0 Å². The van der Waals surface area contributed by atoms with Gasteiger partial charge in [0.05, 0.1) is 0 Å². The van der Waals surface area contributed by atoms with Crippen molar-refractivity contribution in [3.05, 3.63) is 91.0 Å². The summed E-state index contributed by atoms with van der Waals surface area (Å²) >= 11 is 0. The van der Waals surface area contributed by atoms with Crippen LogP contribution in [-0.4, -0.2) is 60.6 Å². The van der Waals surface area contributed by atoms with Crippen LogP contribution in [0.1, 0.15) is 6.29 Å². The Labute approximate surface area is 192 Å². The molecule has 0 saturated carbocycles. The van der Waals surface area contributed by atoms with Gasteiger partial charge in [-0.25, -0.2) is 0 Å². The van der Waals surface area contributed by atoms with Crippen molar-refractivity contribution in [2.75, 3.05) is 0 Å². The largest absolute Gasteiger partial charge is 0.296 e. The van der Waals surface area contributed by atoms with Gasteiger partial charge in [-0.2, -0.15) is 0 Å². The van der Waals surface area contributed by atoms with Crippen LogP contribution in [0.15, 0.2) is 91.0 Å². The maximum atomic E-state index is 4.53. The fourth-order valence-corrected chi connectivity index (χ4v) is 3.35. The first kappa shape index (κ1) is 19.5. The van der Waals surface area contributed by atoms with Crippen LogP contribution in [0.3, 0.4) is 0 Å². The Hall–Kier alpha value is -5.13. The van der Waals surface area contributed by atoms with Gasteiger partial charge in [0.25, 0.3) is 6.29 Å². The third-order valence-corrected chi connectivity index (χ3v) is 5.00. The number of tetrazole rings is 3. The zero-order valence-electron chi connectivity index (χ0n) is 17.6. The molecule has 0 spiro atoms. The van der Waals surface area contributed by atoms with E-state index in [9.17, 15) is 0 Å². The second-order valence-electron chi connectivity index (χ2n) is 7.24. The Balaban J connectivity index is 1.43. The van der Waals surface area contributed by atoms with Crippen molar-refractivity contribution < 1.29 is 0 Å². The molecule has 0 amide bonds. The standard InChI is InChI=1S/C22H16N12/c1-4-10-16(11-5-1)19-23-29-32(26-19)22(33-27-20(24-30-33)17-12-6-2-7-13-17)34-28-21(25-31-34)18-14-8-3-9-15-18/h1-15,22H. The molecule has 0 aliphatic carbocycles. The van der Waals surface area contributed by atoms with Gasteiger partial charge in [-0.15, -0.1) is 45.0 Å². The maximum absolute atomic E-state index is 4.53. The van der Waals surface area contributed by atoms with Gasteiger partial charge in [0.1, 0.15) is 0 Å². The topological polar surface area (TPSA) is 131 Å². The lowest BCUT2D eigenvalue weighted by molar-refractivity contribution is 0.201. The highest BCUT2D eigenvalue weighted by atomic mass is 15.8. The molecule has 0 bridgehead atoms. The number of hydrogen-bond donors (Lipinski definition) is 0. The molecule has 12 nitrogen and oxygen atoms in total. The Bertz CT molecular complexity index is 1320. The Kier molecular flexibility index (Phi) is 4.84. The van der Waals surface area contributed by atoms with Crippen LogP contribution in [-0.2, 0) is 0 Å². The van der Waals surface area contributed by atoms with Crippen molar-refractivity contribution in [2.45, 2.75) is 6.29 Å². The highest BCUT2D eigenvalue weighted by molar-refractivity contribution is 5.54. The minimum absolute atomic E-state index is 0.442. The molecule has 0 radical (unpaired) electrons. The summed E-state index contributed by atoms with van der Waals surface area (Å²) in [6.45, 7) is 0. The number of benzene rings is 3. The van der Waals surface area contributed by atoms with Crippen LogP contribution in [0.5, 0.6) is 0 Å². The summed E-state index contributed by atoms with van der Waals surface area (Å²) in [6.07, 6.45) is -0.917. The molecule has 0 fully saturated rings. The third-order valence-electron chi connectivity index (χ3n) is 5.00. The zero-order valence-corrected chi connectivity index (χ0v) is 17.6. The van der Waals surface area contributed by atoms with E-state index in [4.69, 9.17) is 0 Å². The van der Waals surface area contributed by atoms with Crippen molar-refractivity contribution in [2.24, 2.45) is 0 Å². The Morgan fingerprint density at radius 1 is 0.412 bits per heavy atom. The Morgan fingerprint density at radius 2 is 0.706 bits per heavy atom. The maximum Gasteiger partial charge on any atom is 0.296 e. The van der Waals surface area contributed by atoms with Crippen LogP contribution in [0.2, 0.25) is 0 Å². The fraction of sp³-hybridized carbons (Fsp3) is 0.0455. The minimum atomic E-state index is -0.917. The molecule has 0 aliphatic heterocycles. The molecule has 34 heavy (non-hydrogen) atoms. The summed E-state index contributed by atoms with van der Waals surface area (Å²) in [5.74, 6) is 1.33. The molecule has 3 aromatic carbocycles. The van der Waals surface area contributed by atoms with Crippen molar-refractivity contribution in [3.63, 3.8) is 0 Å². The number of rotatable bonds is 6. The van der Waals surface area contributed by atoms with E-state index < -0.39 is 6.29 Å². The lowest BCUT2D eigenvalue weighted by Crippen LogP contribution is -2.31. The smallest absolute Gasteiger partial charge is 0.127 e. The van der Waals surface area contributed by atoms with Crippen molar-refractivity contribution in [1.82, 2.24) is 60.6 Å². The van der Waals surface area contributed by atoms with Gasteiger partial charge in [0, 0.05) is 16.7 Å². The van der Waals surface area contributed by atoms with E-state index in [1.165, 1.54) is 14.4 Å². The van der Waals surface area contributed by atoms with E-state index in [2.05, 4.69) is 46.2 Å². The highest BCUT2D eigenvalue weighted by Crippen LogP contribution is 2.18. The van der Waals surface area contributed by atoms with E-state index in [1.54, 1.807) is 0 Å². The predicted molar refractivity (Wildman–Crippen MR) is 120 cm³/mol. The first-order chi connectivity index (χ1) is 16.8. The molecule has 164 valence electrons. The summed E-state index contributed by atoms with van der Waals surface area (Å²) in [5, 5.41) is 38.9. The number of nitrogens with zero attached hydrogens (tertiary/aromatic N) is 12. The molecule has 6 rings (SSSR count). The van der Waals surface area contributed by atoms with E-state index in [1.807, 2.05) is 91.0 Å². The number of hydrogen-bond acceptors (Lipinski definition) is 9.